The van der Waals surface area contributed by atoms with Crippen LogP contribution in [0, 0.1) is 0 Å². The minimum absolute atomic E-state index is 0.398. The summed E-state index contributed by atoms with van der Waals surface area (Å²) in [4.78, 5) is 14.2. The highest BCUT2D eigenvalue weighted by molar-refractivity contribution is 5.87. The average molecular weight is 191 g/mol. The molecule has 0 saturated carbocycles. The molecule has 0 aromatic carbocycles. The molecule has 0 bridgehead atoms. The zero-order valence-corrected chi connectivity index (χ0v) is 7.60. The van der Waals surface area contributed by atoms with E-state index in [1.807, 2.05) is 12.1 Å². The molecule has 0 saturated heterocycles. The maximum atomic E-state index is 11.3. The molecule has 0 unspecified atom stereocenters. The first-order valence-corrected chi connectivity index (χ1v) is 4.09. The average Bonchev–Trinajstić information content (AvgIpc) is 2.85. The lowest BCUT2D eigenvalue weighted by Gasteiger charge is -2.02. The topological polar surface area (TPSA) is 59.9 Å². The number of nitrogens with zero attached hydrogens (tertiary/aromatic N) is 2. The lowest BCUT2D eigenvalue weighted by Crippen LogP contribution is -2.10. The predicted molar refractivity (Wildman–Crippen MR) is 49.3 cm³/mol. The largest absolute Gasteiger partial charge is 0.464 e. The second-order valence-electron chi connectivity index (χ2n) is 2.68. The summed E-state index contributed by atoms with van der Waals surface area (Å²) in [5, 5.41) is 4.01. The first-order valence-electron chi connectivity index (χ1n) is 4.09. The van der Waals surface area contributed by atoms with Gasteiger partial charge >= 0.3 is 5.97 Å². The van der Waals surface area contributed by atoms with Gasteiger partial charge in [0.15, 0.2) is 5.69 Å². The van der Waals surface area contributed by atoms with Crippen LogP contribution >= 0.6 is 0 Å². The van der Waals surface area contributed by atoms with Crippen LogP contribution in [0.25, 0.3) is 5.82 Å². The number of ether oxygens (including phenoxy) is 1. The summed E-state index contributed by atoms with van der Waals surface area (Å²) in [6.45, 7) is 0. The van der Waals surface area contributed by atoms with Crippen LogP contribution in [-0.2, 0) is 4.74 Å². The Kier molecular flexibility index (Phi) is 2.06. The first kappa shape index (κ1) is 8.55. The van der Waals surface area contributed by atoms with Crippen molar-refractivity contribution in [3.63, 3.8) is 0 Å². The summed E-state index contributed by atoms with van der Waals surface area (Å²) in [6.07, 6.45) is 3.31. The van der Waals surface area contributed by atoms with Gasteiger partial charge in [0.05, 0.1) is 13.3 Å². The minimum Gasteiger partial charge on any atom is -0.464 e. The van der Waals surface area contributed by atoms with Crippen LogP contribution < -0.4 is 0 Å². The number of rotatable bonds is 2. The molecule has 0 atom stereocenters. The Morgan fingerprint density at radius 1 is 1.57 bits per heavy atom. The molecule has 2 aromatic rings. The summed E-state index contributed by atoms with van der Waals surface area (Å²) in [6, 6.07) is 5.25. The number of aromatic amines is 1. The van der Waals surface area contributed by atoms with Crippen molar-refractivity contribution >= 4 is 5.97 Å². The van der Waals surface area contributed by atoms with E-state index in [0.29, 0.717) is 5.69 Å². The number of H-pyrrole nitrogens is 1. The Morgan fingerprint density at radius 3 is 3.07 bits per heavy atom. The van der Waals surface area contributed by atoms with Gasteiger partial charge < -0.3 is 9.72 Å². The van der Waals surface area contributed by atoms with Crippen molar-refractivity contribution in [2.45, 2.75) is 0 Å². The Hall–Kier alpha value is -2.04. The molecule has 0 aliphatic rings. The molecule has 0 aliphatic heterocycles. The van der Waals surface area contributed by atoms with Gasteiger partial charge in [0, 0.05) is 6.20 Å². The molecule has 1 N–H and O–H groups in total. The van der Waals surface area contributed by atoms with Crippen LogP contribution in [0.4, 0.5) is 0 Å². The number of carbonyl (C=O) groups excluding carboxylic acids is 1. The van der Waals surface area contributed by atoms with E-state index in [2.05, 4.69) is 14.8 Å². The molecule has 2 rings (SSSR count). The van der Waals surface area contributed by atoms with Crippen molar-refractivity contribution in [2.24, 2.45) is 0 Å². The molecule has 5 nitrogen and oxygen atoms in total. The monoisotopic (exact) mass is 191 g/mol. The van der Waals surface area contributed by atoms with E-state index in [4.69, 9.17) is 0 Å². The number of esters is 1. The molecule has 0 aliphatic carbocycles. The zero-order valence-electron chi connectivity index (χ0n) is 7.60. The molecule has 2 aromatic heterocycles. The zero-order chi connectivity index (χ0) is 9.97. The second kappa shape index (κ2) is 3.37. The van der Waals surface area contributed by atoms with E-state index >= 15 is 0 Å². The van der Waals surface area contributed by atoms with Crippen molar-refractivity contribution in [1.29, 1.82) is 0 Å². The van der Waals surface area contributed by atoms with E-state index in [1.165, 1.54) is 11.8 Å². The van der Waals surface area contributed by atoms with Gasteiger partial charge in [0.2, 0.25) is 0 Å². The van der Waals surface area contributed by atoms with Crippen molar-refractivity contribution in [1.82, 2.24) is 14.8 Å². The fourth-order valence-corrected chi connectivity index (χ4v) is 1.21. The Bertz CT molecular complexity index is 431. The number of nitrogens with one attached hydrogen (secondary N) is 1. The normalized spacial score (nSPS) is 10.1. The van der Waals surface area contributed by atoms with Crippen LogP contribution in [-0.4, -0.2) is 27.8 Å². The molecule has 0 radical (unpaired) electrons. The number of aromatic nitrogens is 3. The van der Waals surface area contributed by atoms with Gasteiger partial charge in [-0.1, -0.05) is 0 Å². The lowest BCUT2D eigenvalue weighted by molar-refractivity contribution is 0.0590. The minimum atomic E-state index is -0.405. The third kappa shape index (κ3) is 1.28. The van der Waals surface area contributed by atoms with E-state index in [-0.39, 0.29) is 0 Å². The highest BCUT2D eigenvalue weighted by Gasteiger charge is 2.13. The maximum Gasteiger partial charge on any atom is 0.356 e. The van der Waals surface area contributed by atoms with Gasteiger partial charge in [-0.2, -0.15) is 5.10 Å². The van der Waals surface area contributed by atoms with Crippen LogP contribution in [0.15, 0.2) is 30.6 Å². The molecule has 0 spiro atoms. The predicted octanol–water partition coefficient (Wildman–Crippen LogP) is 0.987. The molecule has 2 heterocycles. The van der Waals surface area contributed by atoms with Gasteiger partial charge in [0.1, 0.15) is 5.82 Å². The lowest BCUT2D eigenvalue weighted by atomic mass is 10.4. The molecular formula is C9H9N3O2. The number of carbonyl (C=O) groups is 1. The molecule has 0 amide bonds. The summed E-state index contributed by atoms with van der Waals surface area (Å²) >= 11 is 0. The van der Waals surface area contributed by atoms with Crippen LogP contribution in [0.2, 0.25) is 0 Å². The number of hydrogen-bond acceptors (Lipinski definition) is 3. The Morgan fingerprint density at radius 2 is 2.43 bits per heavy atom. The standard InChI is InChI=1S/C9H9N3O2/c1-14-9(13)7-4-6-11-12(7)8-3-2-5-10-8/h2-6,10H,1H3. The fourth-order valence-electron chi connectivity index (χ4n) is 1.21. The highest BCUT2D eigenvalue weighted by Crippen LogP contribution is 2.08. The second-order valence-corrected chi connectivity index (χ2v) is 2.68. The first-order chi connectivity index (χ1) is 6.83. The van der Waals surface area contributed by atoms with Gasteiger partial charge in [0.25, 0.3) is 0 Å². The Balaban J connectivity index is 2.45. The summed E-state index contributed by atoms with van der Waals surface area (Å²) < 4.78 is 6.11. The van der Waals surface area contributed by atoms with Crippen molar-refractivity contribution in [2.75, 3.05) is 7.11 Å². The molecule has 0 fully saturated rings. The Labute approximate surface area is 80.3 Å². The fraction of sp³-hybridized carbons (Fsp3) is 0.111. The van der Waals surface area contributed by atoms with Crippen LogP contribution in [0.1, 0.15) is 10.5 Å². The van der Waals surface area contributed by atoms with E-state index in [1.54, 1.807) is 18.5 Å². The van der Waals surface area contributed by atoms with E-state index in [9.17, 15) is 4.79 Å². The van der Waals surface area contributed by atoms with Crippen LogP contribution in [0.5, 0.6) is 0 Å². The summed E-state index contributed by atoms with van der Waals surface area (Å²) in [5.74, 6) is 0.326. The maximum absolute atomic E-state index is 11.3. The molecule has 72 valence electrons. The van der Waals surface area contributed by atoms with E-state index < -0.39 is 5.97 Å². The van der Waals surface area contributed by atoms with Gasteiger partial charge in [-0.3, -0.25) is 0 Å². The molecular weight excluding hydrogens is 182 g/mol. The smallest absolute Gasteiger partial charge is 0.356 e. The van der Waals surface area contributed by atoms with Gasteiger partial charge in [-0.15, -0.1) is 0 Å². The quantitative estimate of drug-likeness (QED) is 0.720. The summed E-state index contributed by atoms with van der Waals surface area (Å²) in [5.41, 5.74) is 0.398. The van der Waals surface area contributed by atoms with Crippen molar-refractivity contribution in [3.8, 4) is 5.82 Å². The number of methoxy groups -OCH3 is 1. The third-order valence-corrected chi connectivity index (χ3v) is 1.85. The SMILES string of the molecule is COC(=O)c1ccnn1-c1ccc[nH]1. The number of hydrogen-bond donors (Lipinski definition) is 1. The highest BCUT2D eigenvalue weighted by atomic mass is 16.5. The summed E-state index contributed by atoms with van der Waals surface area (Å²) in [7, 11) is 1.34. The van der Waals surface area contributed by atoms with Crippen molar-refractivity contribution < 1.29 is 9.53 Å². The van der Waals surface area contributed by atoms with Gasteiger partial charge in [-0.25, -0.2) is 9.48 Å². The van der Waals surface area contributed by atoms with Crippen LogP contribution in [0.3, 0.4) is 0 Å². The molecule has 14 heavy (non-hydrogen) atoms. The third-order valence-electron chi connectivity index (χ3n) is 1.85. The van der Waals surface area contributed by atoms with E-state index in [0.717, 1.165) is 5.82 Å². The van der Waals surface area contributed by atoms with Crippen molar-refractivity contribution in [3.05, 3.63) is 36.3 Å². The molecule has 5 heteroatoms. The van der Waals surface area contributed by atoms with Gasteiger partial charge in [-0.05, 0) is 18.2 Å².